The standard InChI is InChI=1S/C26H22ClNO7/c1-13-8-18-16(11-17(13)27)23(29)21-22(14-9-19(31-2)24(33-4)20(10-14)32-3)28(26(30)25(21)35-18)12-15-6-5-7-34-15/h5-11,22H,12H2,1-4H3. The molecule has 0 aliphatic carbocycles. The number of fused-ring (bicyclic) bond motifs is 2. The highest BCUT2D eigenvalue weighted by molar-refractivity contribution is 6.32. The fraction of sp³-hybridized carbons (Fsp3) is 0.231. The molecular weight excluding hydrogens is 474 g/mol. The zero-order chi connectivity index (χ0) is 24.9. The summed E-state index contributed by atoms with van der Waals surface area (Å²) in [5, 5.41) is 0.732. The molecule has 1 aliphatic heterocycles. The third kappa shape index (κ3) is 3.61. The quantitative estimate of drug-likeness (QED) is 0.366. The van der Waals surface area contributed by atoms with Gasteiger partial charge in [0.15, 0.2) is 16.9 Å². The van der Waals surface area contributed by atoms with Gasteiger partial charge in [-0.25, -0.2) is 0 Å². The van der Waals surface area contributed by atoms with Gasteiger partial charge in [0, 0.05) is 5.02 Å². The number of aryl methyl sites for hydroxylation is 1. The monoisotopic (exact) mass is 495 g/mol. The fourth-order valence-electron chi connectivity index (χ4n) is 4.48. The van der Waals surface area contributed by atoms with E-state index in [-0.39, 0.29) is 23.3 Å². The Morgan fingerprint density at radius 2 is 1.74 bits per heavy atom. The van der Waals surface area contributed by atoms with Crippen molar-refractivity contribution in [3.05, 3.63) is 86.1 Å². The zero-order valence-electron chi connectivity index (χ0n) is 19.5. The molecular formula is C26H22ClNO7. The van der Waals surface area contributed by atoms with Crippen LogP contribution in [-0.2, 0) is 6.54 Å². The molecule has 2 aromatic heterocycles. The van der Waals surface area contributed by atoms with Gasteiger partial charge in [0.1, 0.15) is 11.3 Å². The van der Waals surface area contributed by atoms with Crippen LogP contribution in [-0.4, -0.2) is 32.1 Å². The number of halogens is 1. The van der Waals surface area contributed by atoms with Crippen LogP contribution < -0.4 is 19.6 Å². The van der Waals surface area contributed by atoms with E-state index in [0.717, 1.165) is 5.56 Å². The van der Waals surface area contributed by atoms with Crippen LogP contribution in [0.25, 0.3) is 11.0 Å². The lowest BCUT2D eigenvalue weighted by molar-refractivity contribution is 0.0701. The lowest BCUT2D eigenvalue weighted by Crippen LogP contribution is -2.29. The van der Waals surface area contributed by atoms with Gasteiger partial charge >= 0.3 is 0 Å². The van der Waals surface area contributed by atoms with Gasteiger partial charge in [-0.3, -0.25) is 9.59 Å². The van der Waals surface area contributed by atoms with Crippen LogP contribution in [0.3, 0.4) is 0 Å². The molecule has 0 N–H and O–H groups in total. The number of methoxy groups -OCH3 is 3. The van der Waals surface area contributed by atoms with E-state index in [4.69, 9.17) is 34.6 Å². The van der Waals surface area contributed by atoms with Gasteiger partial charge in [-0.1, -0.05) is 11.6 Å². The van der Waals surface area contributed by atoms with Gasteiger partial charge in [-0.15, -0.1) is 0 Å². The first-order chi connectivity index (χ1) is 16.9. The largest absolute Gasteiger partial charge is 0.493 e. The molecule has 0 spiro atoms. The van der Waals surface area contributed by atoms with Gasteiger partial charge in [0.25, 0.3) is 5.91 Å². The second kappa shape index (κ2) is 8.70. The summed E-state index contributed by atoms with van der Waals surface area (Å²) in [5.41, 5.74) is 1.50. The van der Waals surface area contributed by atoms with E-state index in [2.05, 4.69) is 0 Å². The van der Waals surface area contributed by atoms with Crippen molar-refractivity contribution in [2.45, 2.75) is 19.5 Å². The molecule has 0 bridgehead atoms. The first-order valence-electron chi connectivity index (χ1n) is 10.8. The van der Waals surface area contributed by atoms with Crippen LogP contribution in [0.4, 0.5) is 0 Å². The lowest BCUT2D eigenvalue weighted by atomic mass is 9.97. The normalized spacial score (nSPS) is 14.9. The summed E-state index contributed by atoms with van der Waals surface area (Å²) in [6.45, 7) is 1.92. The maximum absolute atomic E-state index is 13.8. The van der Waals surface area contributed by atoms with Gasteiger partial charge in [0.2, 0.25) is 11.5 Å². The Bertz CT molecular complexity index is 1480. The van der Waals surface area contributed by atoms with Gasteiger partial charge in [-0.05, 0) is 54.4 Å². The van der Waals surface area contributed by atoms with E-state index >= 15 is 0 Å². The predicted octanol–water partition coefficient (Wildman–Crippen LogP) is 5.12. The Kier molecular flexibility index (Phi) is 5.68. The maximum Gasteiger partial charge on any atom is 0.291 e. The molecule has 180 valence electrons. The zero-order valence-corrected chi connectivity index (χ0v) is 20.3. The van der Waals surface area contributed by atoms with E-state index in [0.29, 0.717) is 44.6 Å². The molecule has 3 heterocycles. The lowest BCUT2D eigenvalue weighted by Gasteiger charge is -2.25. The average Bonchev–Trinajstić information content (AvgIpc) is 3.47. The van der Waals surface area contributed by atoms with Crippen LogP contribution in [0.15, 0.2) is 56.3 Å². The summed E-state index contributed by atoms with van der Waals surface area (Å²) < 4.78 is 28.0. The summed E-state index contributed by atoms with van der Waals surface area (Å²) in [7, 11) is 4.51. The Hall–Kier alpha value is -3.91. The van der Waals surface area contributed by atoms with Gasteiger partial charge in [0.05, 0.1) is 51.1 Å². The topological polar surface area (TPSA) is 91.4 Å². The molecule has 2 aromatic carbocycles. The van der Waals surface area contributed by atoms with Crippen LogP contribution in [0, 0.1) is 6.92 Å². The number of hydrogen-bond acceptors (Lipinski definition) is 7. The molecule has 35 heavy (non-hydrogen) atoms. The molecule has 0 saturated heterocycles. The highest BCUT2D eigenvalue weighted by atomic mass is 35.5. The van der Waals surface area contributed by atoms with Crippen molar-refractivity contribution >= 4 is 28.5 Å². The molecule has 8 nitrogen and oxygen atoms in total. The fourth-order valence-corrected chi connectivity index (χ4v) is 4.64. The van der Waals surface area contributed by atoms with Crippen molar-refractivity contribution in [1.29, 1.82) is 0 Å². The molecule has 1 atom stereocenters. The number of ether oxygens (including phenoxy) is 3. The van der Waals surface area contributed by atoms with E-state index in [9.17, 15) is 9.59 Å². The smallest absolute Gasteiger partial charge is 0.291 e. The number of hydrogen-bond donors (Lipinski definition) is 0. The average molecular weight is 496 g/mol. The number of amides is 1. The van der Waals surface area contributed by atoms with Crippen LogP contribution in [0.5, 0.6) is 17.2 Å². The van der Waals surface area contributed by atoms with Gasteiger partial charge < -0.3 is 27.9 Å². The summed E-state index contributed by atoms with van der Waals surface area (Å²) in [4.78, 5) is 28.9. The van der Waals surface area contributed by atoms with Crippen molar-refractivity contribution < 1.29 is 27.8 Å². The summed E-state index contributed by atoms with van der Waals surface area (Å²) in [6.07, 6.45) is 1.53. The Morgan fingerprint density at radius 3 is 2.34 bits per heavy atom. The van der Waals surface area contributed by atoms with Crippen molar-refractivity contribution in [3.8, 4) is 17.2 Å². The van der Waals surface area contributed by atoms with Crippen LogP contribution in [0.2, 0.25) is 5.02 Å². The minimum Gasteiger partial charge on any atom is -0.493 e. The molecule has 4 aromatic rings. The molecule has 9 heteroatoms. The van der Waals surface area contributed by atoms with Crippen LogP contribution in [0.1, 0.15) is 39.0 Å². The number of carbonyl (C=O) groups excluding carboxylic acids is 1. The van der Waals surface area contributed by atoms with Crippen molar-refractivity contribution in [1.82, 2.24) is 4.90 Å². The molecule has 1 unspecified atom stereocenters. The van der Waals surface area contributed by atoms with Crippen molar-refractivity contribution in [2.24, 2.45) is 0 Å². The second-order valence-electron chi connectivity index (χ2n) is 8.15. The van der Waals surface area contributed by atoms with Gasteiger partial charge in [-0.2, -0.15) is 0 Å². The number of furan rings is 1. The number of nitrogens with zero attached hydrogens (tertiary/aromatic N) is 1. The Morgan fingerprint density at radius 1 is 1.03 bits per heavy atom. The van der Waals surface area contributed by atoms with E-state index in [1.54, 1.807) is 43.3 Å². The molecule has 0 radical (unpaired) electrons. The highest BCUT2D eigenvalue weighted by Gasteiger charge is 2.43. The summed E-state index contributed by atoms with van der Waals surface area (Å²) in [6, 6.07) is 9.37. The molecule has 0 fully saturated rings. The number of rotatable bonds is 6. The second-order valence-corrected chi connectivity index (χ2v) is 8.55. The van der Waals surface area contributed by atoms with E-state index in [1.165, 1.54) is 32.5 Å². The third-order valence-electron chi connectivity index (χ3n) is 6.16. The minimum atomic E-state index is -0.794. The first kappa shape index (κ1) is 22.9. The molecule has 1 amide bonds. The van der Waals surface area contributed by atoms with Crippen LogP contribution >= 0.6 is 11.6 Å². The third-order valence-corrected chi connectivity index (χ3v) is 6.56. The van der Waals surface area contributed by atoms with Crippen molar-refractivity contribution in [3.63, 3.8) is 0 Å². The SMILES string of the molecule is COc1cc(C2c3c(oc4cc(C)c(Cl)cc4c3=O)C(=O)N2Cc2ccco2)cc(OC)c1OC. The van der Waals surface area contributed by atoms with E-state index < -0.39 is 11.9 Å². The summed E-state index contributed by atoms with van der Waals surface area (Å²) in [5.74, 6) is 1.29. The van der Waals surface area contributed by atoms with E-state index in [1.807, 2.05) is 0 Å². The first-order valence-corrected chi connectivity index (χ1v) is 11.2. The summed E-state index contributed by atoms with van der Waals surface area (Å²) >= 11 is 6.31. The Balaban J connectivity index is 1.79. The molecule has 1 aliphatic rings. The number of benzene rings is 2. The number of carbonyl (C=O) groups is 1. The predicted molar refractivity (Wildman–Crippen MR) is 129 cm³/mol. The maximum atomic E-state index is 13.8. The molecule has 0 saturated carbocycles. The Labute approximate surface area is 205 Å². The highest BCUT2D eigenvalue weighted by Crippen LogP contribution is 2.45. The minimum absolute atomic E-state index is 0.0190. The molecule has 5 rings (SSSR count). The van der Waals surface area contributed by atoms with Crippen molar-refractivity contribution in [2.75, 3.05) is 21.3 Å².